The third kappa shape index (κ3) is 6.74. The van der Waals surface area contributed by atoms with Crippen LogP contribution in [0.5, 0.6) is 0 Å². The van der Waals surface area contributed by atoms with Crippen LogP contribution < -0.4 is 22.1 Å². The minimum Gasteiger partial charge on any atom is -0.465 e. The quantitative estimate of drug-likeness (QED) is 0.444. The number of hydrogen-bond acceptors (Lipinski definition) is 10. The lowest BCUT2D eigenvalue weighted by Gasteiger charge is -2.26. The molecule has 32 heavy (non-hydrogen) atoms. The van der Waals surface area contributed by atoms with E-state index >= 15 is 0 Å². The average molecular weight is 451 g/mol. The smallest absolute Gasteiger partial charge is 0.311 e. The summed E-state index contributed by atoms with van der Waals surface area (Å²) >= 11 is 0. The summed E-state index contributed by atoms with van der Waals surface area (Å²) in [6.07, 6.45) is 4.69. The number of rotatable bonds is 2. The van der Waals surface area contributed by atoms with Crippen molar-refractivity contribution in [3.05, 3.63) is 0 Å². The second-order valence-electron chi connectivity index (χ2n) is 9.50. The first-order valence-corrected chi connectivity index (χ1v) is 11.8. The number of esters is 2. The van der Waals surface area contributed by atoms with Crippen molar-refractivity contribution in [2.24, 2.45) is 45.1 Å². The van der Waals surface area contributed by atoms with Gasteiger partial charge in [0.25, 0.3) is 0 Å². The molecule has 0 aromatic carbocycles. The maximum atomic E-state index is 12.9. The third-order valence-corrected chi connectivity index (χ3v) is 6.60. The second kappa shape index (κ2) is 11.4. The summed E-state index contributed by atoms with van der Waals surface area (Å²) < 4.78 is 11.4. The van der Waals surface area contributed by atoms with E-state index in [1.54, 1.807) is 0 Å². The van der Waals surface area contributed by atoms with Gasteiger partial charge in [-0.05, 0) is 37.5 Å². The molecule has 0 amide bonds. The summed E-state index contributed by atoms with van der Waals surface area (Å²) in [5.41, 5.74) is 11.5. The number of ether oxygens (including phenoxy) is 2. The van der Waals surface area contributed by atoms with Crippen molar-refractivity contribution in [1.82, 2.24) is 10.6 Å². The molecule has 6 atom stereocenters. The Morgan fingerprint density at radius 1 is 0.750 bits per heavy atom. The van der Waals surface area contributed by atoms with Gasteiger partial charge in [0.15, 0.2) is 11.9 Å². The predicted octanol–water partition coefficient (Wildman–Crippen LogP) is 0.505. The lowest BCUT2D eigenvalue weighted by molar-refractivity contribution is -0.151. The SMILES string of the molecule is C[C@@H]1CCC[C@H]([C@@H]2CN=C(N)N2)C(=O)OC[C@H](C)CCCC([C@@H]2CN=C(N)N2)C(=O)OC1. The topological polar surface area (TPSA) is 153 Å². The lowest BCUT2D eigenvalue weighted by Crippen LogP contribution is -2.44. The number of cyclic esters (lactones) is 2. The van der Waals surface area contributed by atoms with Crippen LogP contribution in [0.15, 0.2) is 9.98 Å². The van der Waals surface area contributed by atoms with E-state index in [4.69, 9.17) is 20.9 Å². The van der Waals surface area contributed by atoms with E-state index in [0.29, 0.717) is 51.1 Å². The number of hydrogen-bond donors (Lipinski definition) is 4. The zero-order chi connectivity index (χ0) is 23.1. The Hall–Kier alpha value is -2.52. The molecule has 3 rings (SSSR count). The van der Waals surface area contributed by atoms with E-state index in [1.807, 2.05) is 0 Å². The number of aliphatic imine (C=N–C) groups is 2. The van der Waals surface area contributed by atoms with Crippen molar-refractivity contribution in [2.45, 2.75) is 64.5 Å². The van der Waals surface area contributed by atoms with Gasteiger partial charge in [0, 0.05) is 0 Å². The molecule has 3 aliphatic rings. The number of nitrogens with two attached hydrogens (primary N) is 2. The third-order valence-electron chi connectivity index (χ3n) is 6.60. The molecule has 1 saturated heterocycles. The molecule has 10 nitrogen and oxygen atoms in total. The highest BCUT2D eigenvalue weighted by Gasteiger charge is 2.34. The van der Waals surface area contributed by atoms with Crippen molar-refractivity contribution >= 4 is 23.9 Å². The molecule has 0 saturated carbocycles. The first kappa shape index (κ1) is 24.1. The molecule has 0 aromatic rings. The highest BCUT2D eigenvalue weighted by Crippen LogP contribution is 2.24. The molecule has 10 heteroatoms. The van der Waals surface area contributed by atoms with Crippen LogP contribution in [-0.4, -0.2) is 62.2 Å². The van der Waals surface area contributed by atoms with E-state index in [9.17, 15) is 9.59 Å². The lowest BCUT2D eigenvalue weighted by atomic mass is 9.91. The van der Waals surface area contributed by atoms with Crippen LogP contribution in [0.25, 0.3) is 0 Å². The molecule has 180 valence electrons. The van der Waals surface area contributed by atoms with Gasteiger partial charge in [0.2, 0.25) is 0 Å². The Kier molecular flexibility index (Phi) is 8.58. The molecule has 3 aliphatic heterocycles. The van der Waals surface area contributed by atoms with Crippen molar-refractivity contribution in [3.8, 4) is 0 Å². The molecule has 1 unspecified atom stereocenters. The zero-order valence-electron chi connectivity index (χ0n) is 19.2. The summed E-state index contributed by atoms with van der Waals surface area (Å²) in [6.45, 7) is 5.82. The molecule has 0 radical (unpaired) electrons. The molecule has 0 aliphatic carbocycles. The van der Waals surface area contributed by atoms with Gasteiger partial charge >= 0.3 is 11.9 Å². The molecule has 3 heterocycles. The Labute approximate surface area is 190 Å². The van der Waals surface area contributed by atoms with Gasteiger partial charge in [0.05, 0.1) is 50.2 Å². The number of guanidine groups is 2. The fourth-order valence-corrected chi connectivity index (χ4v) is 4.58. The van der Waals surface area contributed by atoms with Crippen LogP contribution >= 0.6 is 0 Å². The Morgan fingerprint density at radius 3 is 1.50 bits per heavy atom. The van der Waals surface area contributed by atoms with Crippen LogP contribution in [-0.2, 0) is 19.1 Å². The predicted molar refractivity (Wildman–Crippen MR) is 122 cm³/mol. The summed E-state index contributed by atoms with van der Waals surface area (Å²) in [6, 6.07) is -0.252. The molecular weight excluding hydrogens is 412 g/mol. The summed E-state index contributed by atoms with van der Waals surface area (Å²) in [7, 11) is 0. The average Bonchev–Trinajstić information content (AvgIpc) is 3.38. The fraction of sp³-hybridized carbons (Fsp3) is 0.818. The second-order valence-corrected chi connectivity index (χ2v) is 9.50. The normalized spacial score (nSPS) is 35.7. The van der Waals surface area contributed by atoms with Gasteiger partial charge in [-0.25, -0.2) is 0 Å². The Bertz CT molecular complexity index is 667. The number of nitrogens with zero attached hydrogens (tertiary/aromatic N) is 2. The molecule has 1 fully saturated rings. The molecule has 0 aromatic heterocycles. The van der Waals surface area contributed by atoms with Crippen molar-refractivity contribution in [3.63, 3.8) is 0 Å². The van der Waals surface area contributed by atoms with E-state index in [-0.39, 0.29) is 47.7 Å². The number of nitrogens with one attached hydrogen (secondary N) is 2. The van der Waals surface area contributed by atoms with Gasteiger partial charge in [-0.3, -0.25) is 19.6 Å². The Balaban J connectivity index is 1.62. The van der Waals surface area contributed by atoms with Gasteiger partial charge in [-0.2, -0.15) is 0 Å². The molecule has 0 spiro atoms. The standard InChI is InChI=1S/C22H38N6O4/c1-13-5-3-7-15(17-9-25-21(23)27-17)20(30)32-12-14(2)6-4-8-16(19(29)31-11-13)18-10-26-22(24)28-18/h13-18H,3-12H2,1-2H3,(H3,23,25,27)(H3,24,26,28)/t13-,14-,15-,16?,17+,18+/m1/s1. The molecular formula is C22H38N6O4. The van der Waals surface area contributed by atoms with Crippen LogP contribution in [0.3, 0.4) is 0 Å². The highest BCUT2D eigenvalue weighted by molar-refractivity contribution is 5.82. The Morgan fingerprint density at radius 2 is 1.16 bits per heavy atom. The number of carbonyl (C=O) groups excluding carboxylic acids is 2. The van der Waals surface area contributed by atoms with Gasteiger partial charge in [-0.1, -0.05) is 26.7 Å². The highest BCUT2D eigenvalue weighted by atomic mass is 16.5. The fourth-order valence-electron chi connectivity index (χ4n) is 4.58. The van der Waals surface area contributed by atoms with Crippen molar-refractivity contribution in [2.75, 3.05) is 26.3 Å². The maximum Gasteiger partial charge on any atom is 0.311 e. The van der Waals surface area contributed by atoms with Crippen LogP contribution in [0.4, 0.5) is 0 Å². The van der Waals surface area contributed by atoms with Crippen LogP contribution in [0.2, 0.25) is 0 Å². The first-order chi connectivity index (χ1) is 15.3. The van der Waals surface area contributed by atoms with E-state index in [0.717, 1.165) is 25.7 Å². The van der Waals surface area contributed by atoms with Crippen molar-refractivity contribution < 1.29 is 19.1 Å². The zero-order valence-corrected chi connectivity index (χ0v) is 19.2. The van der Waals surface area contributed by atoms with E-state index in [2.05, 4.69) is 34.5 Å². The van der Waals surface area contributed by atoms with E-state index in [1.165, 1.54) is 0 Å². The number of carbonyl (C=O) groups is 2. The van der Waals surface area contributed by atoms with Gasteiger partial charge in [0.1, 0.15) is 0 Å². The summed E-state index contributed by atoms with van der Waals surface area (Å²) in [5.74, 6) is 0.178. The summed E-state index contributed by atoms with van der Waals surface area (Å²) in [5, 5.41) is 6.21. The monoisotopic (exact) mass is 450 g/mol. The maximum absolute atomic E-state index is 12.9. The van der Waals surface area contributed by atoms with Gasteiger partial charge in [-0.15, -0.1) is 0 Å². The molecule has 6 N–H and O–H groups in total. The van der Waals surface area contributed by atoms with E-state index < -0.39 is 0 Å². The van der Waals surface area contributed by atoms with Gasteiger partial charge < -0.3 is 31.6 Å². The minimum atomic E-state index is -0.294. The summed E-state index contributed by atoms with van der Waals surface area (Å²) in [4.78, 5) is 34.1. The first-order valence-electron chi connectivity index (χ1n) is 11.8. The van der Waals surface area contributed by atoms with Crippen LogP contribution in [0.1, 0.15) is 52.4 Å². The van der Waals surface area contributed by atoms with Crippen LogP contribution in [0, 0.1) is 23.7 Å². The minimum absolute atomic E-state index is 0.126. The van der Waals surface area contributed by atoms with Crippen molar-refractivity contribution in [1.29, 1.82) is 0 Å². The molecule has 0 bridgehead atoms. The largest absolute Gasteiger partial charge is 0.465 e.